The molecule has 0 atom stereocenters. The molecule has 0 fully saturated rings. The summed E-state index contributed by atoms with van der Waals surface area (Å²) in [5, 5.41) is 5.74. The zero-order valence-electron chi connectivity index (χ0n) is 18.2. The van der Waals surface area contributed by atoms with Gasteiger partial charge in [-0.05, 0) is 54.3 Å². The highest BCUT2D eigenvalue weighted by atomic mass is 16.5. The predicted molar refractivity (Wildman–Crippen MR) is 125 cm³/mol. The topological polar surface area (TPSA) is 52.6 Å². The van der Waals surface area contributed by atoms with Gasteiger partial charge in [-0.2, -0.15) is 0 Å². The summed E-state index contributed by atoms with van der Waals surface area (Å²) in [5.41, 5.74) is 4.20. The average Bonchev–Trinajstić information content (AvgIpc) is 2.81. The van der Waals surface area contributed by atoms with Crippen molar-refractivity contribution in [1.82, 2.24) is 4.98 Å². The van der Waals surface area contributed by atoms with Crippen LogP contribution in [0, 0.1) is 6.92 Å². The van der Waals surface area contributed by atoms with E-state index in [0.29, 0.717) is 18.0 Å². The molecule has 0 saturated carbocycles. The maximum Gasteiger partial charge on any atom is 0.161 e. The standard InChI is InChI=1S/C26H26N2O3/c1-17-5-11-22-20(13-17)14-23(19-8-12-24(30-3)25(15-19)31-4)28-26(22)27-16-18-6-9-21(29-2)10-7-18/h5-15H,16H2,1-4H3,(H,27,28). The number of methoxy groups -OCH3 is 3. The summed E-state index contributed by atoms with van der Waals surface area (Å²) in [6, 6.07) is 22.4. The number of hydrogen-bond acceptors (Lipinski definition) is 5. The van der Waals surface area contributed by atoms with Crippen LogP contribution >= 0.6 is 0 Å². The van der Waals surface area contributed by atoms with Gasteiger partial charge >= 0.3 is 0 Å². The van der Waals surface area contributed by atoms with Gasteiger partial charge in [0.15, 0.2) is 11.5 Å². The number of nitrogens with one attached hydrogen (secondary N) is 1. The highest BCUT2D eigenvalue weighted by Crippen LogP contribution is 2.34. The van der Waals surface area contributed by atoms with Gasteiger partial charge in [0, 0.05) is 17.5 Å². The summed E-state index contributed by atoms with van der Waals surface area (Å²) in [6.45, 7) is 2.76. The SMILES string of the molecule is COc1ccc(CNc2nc(-c3ccc(OC)c(OC)c3)cc3cc(C)ccc23)cc1. The van der Waals surface area contributed by atoms with E-state index in [-0.39, 0.29) is 0 Å². The normalized spacial score (nSPS) is 10.7. The van der Waals surface area contributed by atoms with Crippen LogP contribution in [0.15, 0.2) is 66.7 Å². The summed E-state index contributed by atoms with van der Waals surface area (Å²) in [6.07, 6.45) is 0. The molecule has 0 bridgehead atoms. The molecule has 1 N–H and O–H groups in total. The van der Waals surface area contributed by atoms with Crippen LogP contribution in [0.3, 0.4) is 0 Å². The molecule has 158 valence electrons. The second-order valence-corrected chi connectivity index (χ2v) is 7.35. The first-order valence-electron chi connectivity index (χ1n) is 10.1. The molecule has 1 aromatic heterocycles. The minimum absolute atomic E-state index is 0.662. The van der Waals surface area contributed by atoms with Crippen molar-refractivity contribution in [3.63, 3.8) is 0 Å². The molecular formula is C26H26N2O3. The molecule has 0 saturated heterocycles. The Morgan fingerprint density at radius 3 is 2.26 bits per heavy atom. The van der Waals surface area contributed by atoms with Crippen molar-refractivity contribution in [3.8, 4) is 28.5 Å². The number of ether oxygens (including phenoxy) is 3. The van der Waals surface area contributed by atoms with Gasteiger partial charge in [0.1, 0.15) is 11.6 Å². The number of benzene rings is 3. The Morgan fingerprint density at radius 1 is 0.774 bits per heavy atom. The van der Waals surface area contributed by atoms with Crippen molar-refractivity contribution in [2.24, 2.45) is 0 Å². The van der Waals surface area contributed by atoms with Gasteiger partial charge in [0.25, 0.3) is 0 Å². The fourth-order valence-corrected chi connectivity index (χ4v) is 3.58. The van der Waals surface area contributed by atoms with Gasteiger partial charge < -0.3 is 19.5 Å². The molecule has 0 aliphatic rings. The van der Waals surface area contributed by atoms with Crippen molar-refractivity contribution in [3.05, 3.63) is 77.9 Å². The van der Waals surface area contributed by atoms with E-state index < -0.39 is 0 Å². The highest BCUT2D eigenvalue weighted by molar-refractivity contribution is 5.95. The Bertz CT molecular complexity index is 1200. The summed E-state index contributed by atoms with van der Waals surface area (Å²) in [5.74, 6) is 3.07. The molecule has 3 aromatic carbocycles. The first-order chi connectivity index (χ1) is 15.1. The number of rotatable bonds is 7. The maximum absolute atomic E-state index is 5.48. The third-order valence-corrected chi connectivity index (χ3v) is 5.28. The van der Waals surface area contributed by atoms with E-state index in [2.05, 4.69) is 48.6 Å². The number of pyridine rings is 1. The summed E-state index contributed by atoms with van der Waals surface area (Å²) < 4.78 is 16.1. The molecular weight excluding hydrogens is 388 g/mol. The third kappa shape index (κ3) is 4.40. The minimum Gasteiger partial charge on any atom is -0.497 e. The summed E-state index contributed by atoms with van der Waals surface area (Å²) >= 11 is 0. The van der Waals surface area contributed by atoms with Gasteiger partial charge in [-0.1, -0.05) is 35.9 Å². The van der Waals surface area contributed by atoms with Gasteiger partial charge in [-0.15, -0.1) is 0 Å². The van der Waals surface area contributed by atoms with Gasteiger partial charge in [0.05, 0.1) is 27.0 Å². The molecule has 0 spiro atoms. The number of fused-ring (bicyclic) bond motifs is 1. The highest BCUT2D eigenvalue weighted by Gasteiger charge is 2.11. The Labute approximate surface area is 182 Å². The fourth-order valence-electron chi connectivity index (χ4n) is 3.58. The van der Waals surface area contributed by atoms with Crippen LogP contribution < -0.4 is 19.5 Å². The van der Waals surface area contributed by atoms with Crippen molar-refractivity contribution in [2.45, 2.75) is 13.5 Å². The van der Waals surface area contributed by atoms with Gasteiger partial charge in [-0.3, -0.25) is 0 Å². The van der Waals surface area contributed by atoms with E-state index in [1.165, 1.54) is 5.56 Å². The van der Waals surface area contributed by atoms with E-state index >= 15 is 0 Å². The lowest BCUT2D eigenvalue weighted by Gasteiger charge is -2.14. The van der Waals surface area contributed by atoms with Crippen LogP contribution in [0.5, 0.6) is 17.2 Å². The Hall–Kier alpha value is -3.73. The summed E-state index contributed by atoms with van der Waals surface area (Å²) in [7, 11) is 4.95. The summed E-state index contributed by atoms with van der Waals surface area (Å²) in [4.78, 5) is 4.95. The first-order valence-corrected chi connectivity index (χ1v) is 10.1. The molecule has 5 nitrogen and oxygen atoms in total. The number of aromatic nitrogens is 1. The van der Waals surface area contributed by atoms with Crippen LogP contribution in [0.25, 0.3) is 22.0 Å². The van der Waals surface area contributed by atoms with Crippen molar-refractivity contribution in [1.29, 1.82) is 0 Å². The second kappa shape index (κ2) is 8.96. The fraction of sp³-hybridized carbons (Fsp3) is 0.192. The van der Waals surface area contributed by atoms with E-state index in [4.69, 9.17) is 19.2 Å². The second-order valence-electron chi connectivity index (χ2n) is 7.35. The number of hydrogen-bond donors (Lipinski definition) is 1. The maximum atomic E-state index is 5.48. The third-order valence-electron chi connectivity index (χ3n) is 5.28. The molecule has 0 aliphatic heterocycles. The number of anilines is 1. The van der Waals surface area contributed by atoms with Crippen molar-refractivity contribution < 1.29 is 14.2 Å². The quantitative estimate of drug-likeness (QED) is 0.411. The van der Waals surface area contributed by atoms with Crippen LogP contribution in [-0.4, -0.2) is 26.3 Å². The van der Waals surface area contributed by atoms with E-state index in [1.54, 1.807) is 21.3 Å². The molecule has 0 aliphatic carbocycles. The van der Waals surface area contributed by atoms with Crippen molar-refractivity contribution in [2.75, 3.05) is 26.6 Å². The van der Waals surface area contributed by atoms with Gasteiger partial charge in [0.2, 0.25) is 0 Å². The zero-order chi connectivity index (χ0) is 21.8. The minimum atomic E-state index is 0.662. The molecule has 5 heteroatoms. The lowest BCUT2D eigenvalue weighted by atomic mass is 10.0. The zero-order valence-corrected chi connectivity index (χ0v) is 18.2. The van der Waals surface area contributed by atoms with Crippen LogP contribution in [0.2, 0.25) is 0 Å². The Balaban J connectivity index is 1.73. The van der Waals surface area contributed by atoms with Crippen LogP contribution in [0.1, 0.15) is 11.1 Å². The molecule has 4 aromatic rings. The lowest BCUT2D eigenvalue weighted by Crippen LogP contribution is -2.03. The van der Waals surface area contributed by atoms with E-state index in [0.717, 1.165) is 39.2 Å². The molecule has 0 unspecified atom stereocenters. The molecule has 31 heavy (non-hydrogen) atoms. The van der Waals surface area contributed by atoms with Gasteiger partial charge in [-0.25, -0.2) is 4.98 Å². The van der Waals surface area contributed by atoms with Crippen LogP contribution in [0.4, 0.5) is 5.82 Å². The first kappa shape index (κ1) is 20.5. The largest absolute Gasteiger partial charge is 0.497 e. The van der Waals surface area contributed by atoms with E-state index in [1.807, 2.05) is 30.3 Å². The van der Waals surface area contributed by atoms with Crippen molar-refractivity contribution >= 4 is 16.6 Å². The number of aryl methyl sites for hydroxylation is 1. The Kier molecular flexibility index (Phi) is 5.94. The van der Waals surface area contributed by atoms with E-state index in [9.17, 15) is 0 Å². The average molecular weight is 415 g/mol. The smallest absolute Gasteiger partial charge is 0.161 e. The molecule has 4 rings (SSSR count). The predicted octanol–water partition coefficient (Wildman–Crippen LogP) is 5.85. The molecule has 0 radical (unpaired) electrons. The monoisotopic (exact) mass is 414 g/mol. The lowest BCUT2D eigenvalue weighted by molar-refractivity contribution is 0.355. The van der Waals surface area contributed by atoms with Crippen LogP contribution in [-0.2, 0) is 6.54 Å². The number of nitrogens with zero attached hydrogens (tertiary/aromatic N) is 1. The Morgan fingerprint density at radius 2 is 1.55 bits per heavy atom. The molecule has 1 heterocycles. The molecule has 0 amide bonds.